The quantitative estimate of drug-likeness (QED) is 0.378. The third-order valence-electron chi connectivity index (χ3n) is 0.274. The Morgan fingerprint density at radius 1 is 1.75 bits per heavy atom. The van der Waals surface area contributed by atoms with Gasteiger partial charge in [-0.2, -0.15) is 0 Å². The van der Waals surface area contributed by atoms with Gasteiger partial charge in [-0.05, 0) is 4.57 Å². The van der Waals surface area contributed by atoms with E-state index in [1.165, 1.54) is 0 Å². The second-order valence-electron chi connectivity index (χ2n) is 0.746. The van der Waals surface area contributed by atoms with Crippen molar-refractivity contribution in [3.63, 3.8) is 0 Å². The predicted molar refractivity (Wildman–Crippen MR) is 24.3 cm³/mol. The third kappa shape index (κ3) is 9.95. The van der Waals surface area contributed by atoms with E-state index in [1.54, 1.807) is 0 Å². The summed E-state index contributed by atoms with van der Waals surface area (Å²) in [6.07, 6.45) is 0. The Balaban J connectivity index is 0. The Morgan fingerprint density at radius 2 is 2.25 bits per heavy atom. The summed E-state index contributed by atoms with van der Waals surface area (Å²) in [6.45, 7) is 0.0697. The standard InChI is InChI=1S/C2H4ClO3P.Cu/c3-1-2-6-7(4)5;/h1-2H2;/q;+1. The molecule has 0 saturated heterocycles. The maximum atomic E-state index is 9.51. The molecule has 52 valence electrons. The summed E-state index contributed by atoms with van der Waals surface area (Å²) in [4.78, 5) is 9.51. The molecule has 0 aromatic heterocycles. The summed E-state index contributed by atoms with van der Waals surface area (Å²) in [5, 5.41) is 0. The normalized spacial score (nSPS) is 10.0. The number of hydrogen-bond acceptors (Lipinski definition) is 3. The van der Waals surface area contributed by atoms with Crippen LogP contribution in [0.4, 0.5) is 0 Å². The molecular formula is C2H4ClCuO3P+. The van der Waals surface area contributed by atoms with Gasteiger partial charge in [0.2, 0.25) is 0 Å². The molecule has 0 rings (SSSR count). The molecule has 0 heterocycles. The largest absolute Gasteiger partial charge is 1.00 e. The maximum Gasteiger partial charge on any atom is 1.00 e. The van der Waals surface area contributed by atoms with Crippen LogP contribution in [0.1, 0.15) is 0 Å². The van der Waals surface area contributed by atoms with Crippen LogP contribution in [0, 0.1) is 0 Å². The zero-order valence-corrected chi connectivity index (χ0v) is 6.36. The first kappa shape index (κ1) is 11.6. The first-order valence-electron chi connectivity index (χ1n) is 1.60. The van der Waals surface area contributed by atoms with Gasteiger partial charge >= 0.3 is 25.3 Å². The van der Waals surface area contributed by atoms with Gasteiger partial charge in [0, 0.05) is 0 Å². The second-order valence-corrected chi connectivity index (χ2v) is 1.83. The molecule has 0 bridgehead atoms. The molecule has 8 heavy (non-hydrogen) atoms. The van der Waals surface area contributed by atoms with E-state index in [0.29, 0.717) is 0 Å². The van der Waals surface area contributed by atoms with Crippen molar-refractivity contribution in [2.75, 3.05) is 12.5 Å². The zero-order valence-electron chi connectivity index (χ0n) is 3.77. The molecule has 6 heteroatoms. The molecule has 0 aliphatic carbocycles. The molecule has 0 spiro atoms. The van der Waals surface area contributed by atoms with Crippen LogP contribution in [-0.2, 0) is 26.2 Å². The average Bonchev–Trinajstić information content (AvgIpc) is 1.61. The van der Waals surface area contributed by atoms with Crippen LogP contribution in [0.5, 0.6) is 0 Å². The maximum absolute atomic E-state index is 9.51. The SMILES string of the molecule is O=[P+]([O-])OCCCl.[Cu+]. The summed E-state index contributed by atoms with van der Waals surface area (Å²) >= 11 is 5.05. The third-order valence-corrected chi connectivity index (χ3v) is 0.822. The molecule has 1 atom stereocenters. The number of halogens is 1. The van der Waals surface area contributed by atoms with E-state index in [0.717, 1.165) is 0 Å². The molecule has 0 radical (unpaired) electrons. The van der Waals surface area contributed by atoms with E-state index in [9.17, 15) is 9.46 Å². The Hall–Kier alpha value is 0.829. The van der Waals surface area contributed by atoms with Crippen molar-refractivity contribution in [2.45, 2.75) is 0 Å². The fourth-order valence-corrected chi connectivity index (χ4v) is 0.534. The molecule has 0 aliphatic rings. The topological polar surface area (TPSA) is 49.4 Å². The van der Waals surface area contributed by atoms with Crippen molar-refractivity contribution in [1.29, 1.82) is 0 Å². The molecule has 0 aliphatic heterocycles. The van der Waals surface area contributed by atoms with Gasteiger partial charge in [-0.1, -0.05) is 0 Å². The predicted octanol–water partition coefficient (Wildman–Crippen LogP) is 0.257. The van der Waals surface area contributed by atoms with E-state index < -0.39 is 8.25 Å². The van der Waals surface area contributed by atoms with Crippen molar-refractivity contribution in [3.05, 3.63) is 0 Å². The van der Waals surface area contributed by atoms with Crippen molar-refractivity contribution >= 4 is 19.9 Å². The summed E-state index contributed by atoms with van der Waals surface area (Å²) < 4.78 is 13.5. The van der Waals surface area contributed by atoms with Gasteiger partial charge in [-0.3, -0.25) is 0 Å². The minimum absolute atomic E-state index is 0. The van der Waals surface area contributed by atoms with E-state index in [-0.39, 0.29) is 29.6 Å². The van der Waals surface area contributed by atoms with E-state index in [1.807, 2.05) is 0 Å². The summed E-state index contributed by atoms with van der Waals surface area (Å²) in [5.74, 6) is 0.212. The van der Waals surface area contributed by atoms with Gasteiger partial charge in [0.1, 0.15) is 6.61 Å². The Morgan fingerprint density at radius 3 is 2.38 bits per heavy atom. The van der Waals surface area contributed by atoms with Crippen molar-refractivity contribution in [1.82, 2.24) is 0 Å². The van der Waals surface area contributed by atoms with Crippen molar-refractivity contribution in [3.8, 4) is 0 Å². The summed E-state index contributed by atoms with van der Waals surface area (Å²) in [7, 11) is -2.69. The van der Waals surface area contributed by atoms with E-state index >= 15 is 0 Å². The van der Waals surface area contributed by atoms with Gasteiger partial charge in [-0.15, -0.1) is 16.1 Å². The fraction of sp³-hybridized carbons (Fsp3) is 1.00. The Bertz CT molecular complexity index is 70.3. The first-order valence-corrected chi connectivity index (χ1v) is 3.23. The second kappa shape index (κ2) is 7.83. The minimum Gasteiger partial charge on any atom is -0.566 e. The van der Waals surface area contributed by atoms with Crippen molar-refractivity contribution < 1.29 is 31.1 Å². The minimum atomic E-state index is -2.69. The summed E-state index contributed by atoms with van der Waals surface area (Å²) in [6, 6.07) is 0. The number of hydrogen-bond donors (Lipinski definition) is 0. The molecular weight excluding hydrogens is 202 g/mol. The number of rotatable bonds is 3. The van der Waals surface area contributed by atoms with Crippen LogP contribution in [-0.4, -0.2) is 12.5 Å². The van der Waals surface area contributed by atoms with Gasteiger partial charge in [-0.25, -0.2) is 0 Å². The molecule has 3 nitrogen and oxygen atoms in total. The first-order chi connectivity index (χ1) is 3.27. The molecule has 0 fully saturated rings. The molecule has 0 N–H and O–H groups in total. The number of alkyl halides is 1. The smallest absolute Gasteiger partial charge is 0.566 e. The van der Waals surface area contributed by atoms with Crippen LogP contribution < -0.4 is 4.89 Å². The zero-order chi connectivity index (χ0) is 5.70. The van der Waals surface area contributed by atoms with Gasteiger partial charge in [0.25, 0.3) is 0 Å². The Labute approximate surface area is 63.8 Å². The van der Waals surface area contributed by atoms with Gasteiger partial charge in [0.05, 0.1) is 5.88 Å². The van der Waals surface area contributed by atoms with Crippen LogP contribution >= 0.6 is 19.9 Å². The van der Waals surface area contributed by atoms with Crippen molar-refractivity contribution in [2.24, 2.45) is 0 Å². The fourth-order valence-electron chi connectivity index (χ4n) is 0.109. The van der Waals surface area contributed by atoms with Crippen LogP contribution in [0.15, 0.2) is 0 Å². The van der Waals surface area contributed by atoms with Crippen LogP contribution in [0.25, 0.3) is 0 Å². The van der Waals surface area contributed by atoms with E-state index in [4.69, 9.17) is 11.6 Å². The van der Waals surface area contributed by atoms with Crippen LogP contribution in [0.2, 0.25) is 0 Å². The monoisotopic (exact) mass is 205 g/mol. The molecule has 0 amide bonds. The van der Waals surface area contributed by atoms with Gasteiger partial charge < -0.3 is 4.89 Å². The molecule has 0 aromatic rings. The van der Waals surface area contributed by atoms with Crippen LogP contribution in [0.3, 0.4) is 0 Å². The van der Waals surface area contributed by atoms with E-state index in [2.05, 4.69) is 4.52 Å². The molecule has 1 unspecified atom stereocenters. The molecule has 0 aromatic carbocycles. The summed E-state index contributed by atoms with van der Waals surface area (Å²) in [5.41, 5.74) is 0. The Kier molecular flexibility index (Phi) is 11.4. The molecule has 0 saturated carbocycles. The van der Waals surface area contributed by atoms with Gasteiger partial charge in [0.15, 0.2) is 0 Å². The average molecular weight is 206 g/mol.